The third-order valence-corrected chi connectivity index (χ3v) is 3.42. The number of rotatable bonds is 5. The van der Waals surface area contributed by atoms with Gasteiger partial charge in [-0.15, -0.1) is 0 Å². The molecule has 5 heteroatoms. The summed E-state index contributed by atoms with van der Waals surface area (Å²) >= 11 is 8.70. The largest absolute Gasteiger partial charge is 0.357 e. The van der Waals surface area contributed by atoms with Crippen LogP contribution in [0.4, 0.5) is 0 Å². The molecule has 18 heavy (non-hydrogen) atoms. The van der Waals surface area contributed by atoms with Gasteiger partial charge in [0.15, 0.2) is 5.11 Å². The van der Waals surface area contributed by atoms with Crippen LogP contribution in [0.1, 0.15) is 18.5 Å². The fourth-order valence-corrected chi connectivity index (χ4v) is 2.05. The van der Waals surface area contributed by atoms with Crippen LogP contribution in [-0.4, -0.2) is 32.3 Å². The standard InChI is InChI=1S/C13H20BrN3S/c1-10(11-4-6-12(14)7-5-11)16-13(18)15-8-9-17(2)3/h4-7,10H,8-9H2,1-3H3,(H2,15,16,18)/p+1/t10-/m1/s1. The summed E-state index contributed by atoms with van der Waals surface area (Å²) < 4.78 is 1.09. The zero-order valence-corrected chi connectivity index (χ0v) is 13.5. The van der Waals surface area contributed by atoms with Crippen molar-refractivity contribution in [3.05, 3.63) is 34.3 Å². The topological polar surface area (TPSA) is 28.5 Å². The van der Waals surface area contributed by atoms with Gasteiger partial charge < -0.3 is 15.5 Å². The van der Waals surface area contributed by atoms with Crippen LogP contribution < -0.4 is 15.5 Å². The predicted molar refractivity (Wildman–Crippen MR) is 84.0 cm³/mol. The van der Waals surface area contributed by atoms with Crippen LogP contribution >= 0.6 is 28.1 Å². The van der Waals surface area contributed by atoms with Gasteiger partial charge in [0, 0.05) is 4.47 Å². The molecule has 0 aliphatic heterocycles. The van der Waals surface area contributed by atoms with E-state index in [1.165, 1.54) is 10.5 Å². The first-order valence-electron chi connectivity index (χ1n) is 6.08. The average molecular weight is 331 g/mol. The van der Waals surface area contributed by atoms with E-state index in [9.17, 15) is 0 Å². The van der Waals surface area contributed by atoms with Crippen LogP contribution in [0.3, 0.4) is 0 Å². The van der Waals surface area contributed by atoms with Crippen molar-refractivity contribution in [2.75, 3.05) is 27.2 Å². The van der Waals surface area contributed by atoms with Gasteiger partial charge in [0.1, 0.15) is 0 Å². The molecule has 0 unspecified atom stereocenters. The van der Waals surface area contributed by atoms with Gasteiger partial charge in [0.2, 0.25) is 0 Å². The lowest BCUT2D eigenvalue weighted by molar-refractivity contribution is -0.856. The lowest BCUT2D eigenvalue weighted by Crippen LogP contribution is -3.06. The Morgan fingerprint density at radius 2 is 1.94 bits per heavy atom. The maximum atomic E-state index is 5.27. The van der Waals surface area contributed by atoms with Gasteiger partial charge in [-0.3, -0.25) is 0 Å². The van der Waals surface area contributed by atoms with E-state index in [-0.39, 0.29) is 6.04 Å². The van der Waals surface area contributed by atoms with E-state index in [1.54, 1.807) is 0 Å². The monoisotopic (exact) mass is 330 g/mol. The molecule has 0 heterocycles. The summed E-state index contributed by atoms with van der Waals surface area (Å²) in [6.45, 7) is 4.05. The molecule has 3 nitrogen and oxygen atoms in total. The van der Waals surface area contributed by atoms with Crippen molar-refractivity contribution < 1.29 is 4.90 Å². The summed E-state index contributed by atoms with van der Waals surface area (Å²) in [5.41, 5.74) is 1.22. The van der Waals surface area contributed by atoms with Crippen molar-refractivity contribution in [1.82, 2.24) is 10.6 Å². The Labute approximate surface area is 123 Å². The van der Waals surface area contributed by atoms with Gasteiger partial charge in [-0.05, 0) is 36.8 Å². The number of thiocarbonyl (C=S) groups is 1. The van der Waals surface area contributed by atoms with Crippen molar-refractivity contribution in [2.24, 2.45) is 0 Å². The van der Waals surface area contributed by atoms with Gasteiger partial charge in [-0.25, -0.2) is 0 Å². The highest BCUT2D eigenvalue weighted by Gasteiger charge is 2.06. The highest BCUT2D eigenvalue weighted by Crippen LogP contribution is 2.16. The second kappa shape index (κ2) is 7.71. The SMILES string of the molecule is C[C@@H](NC(=S)NCC[NH+](C)C)c1ccc(Br)cc1. The average Bonchev–Trinajstić information content (AvgIpc) is 2.29. The van der Waals surface area contributed by atoms with Gasteiger partial charge >= 0.3 is 0 Å². The van der Waals surface area contributed by atoms with Crippen LogP contribution in [0, 0.1) is 0 Å². The number of quaternary nitrogens is 1. The van der Waals surface area contributed by atoms with Crippen molar-refractivity contribution in [3.8, 4) is 0 Å². The van der Waals surface area contributed by atoms with Gasteiger partial charge in [-0.1, -0.05) is 28.1 Å². The van der Waals surface area contributed by atoms with Crippen LogP contribution in [0.5, 0.6) is 0 Å². The minimum Gasteiger partial charge on any atom is -0.357 e. The molecule has 3 N–H and O–H groups in total. The number of hydrogen-bond donors (Lipinski definition) is 3. The first-order chi connectivity index (χ1) is 8.49. The van der Waals surface area contributed by atoms with E-state index in [0.29, 0.717) is 5.11 Å². The molecule has 1 aromatic carbocycles. The molecule has 1 atom stereocenters. The Bertz CT molecular complexity index is 378. The Kier molecular flexibility index (Phi) is 6.60. The second-order valence-electron chi connectivity index (χ2n) is 4.63. The molecule has 0 saturated heterocycles. The first-order valence-corrected chi connectivity index (χ1v) is 7.28. The smallest absolute Gasteiger partial charge is 0.166 e. The molecule has 0 spiro atoms. The summed E-state index contributed by atoms with van der Waals surface area (Å²) in [7, 11) is 4.26. The molecule has 100 valence electrons. The molecule has 0 aliphatic carbocycles. The Morgan fingerprint density at radius 3 is 2.50 bits per heavy atom. The van der Waals surface area contributed by atoms with E-state index in [2.05, 4.69) is 59.7 Å². The minimum absolute atomic E-state index is 0.213. The van der Waals surface area contributed by atoms with Crippen LogP contribution in [0.25, 0.3) is 0 Å². The molecule has 0 aliphatic rings. The van der Waals surface area contributed by atoms with Gasteiger partial charge in [0.05, 0.1) is 33.2 Å². The molecule has 1 rings (SSSR count). The quantitative estimate of drug-likeness (QED) is 0.706. The maximum absolute atomic E-state index is 5.27. The fourth-order valence-electron chi connectivity index (χ4n) is 1.51. The molecule has 1 aromatic rings. The van der Waals surface area contributed by atoms with Crippen molar-refractivity contribution in [1.29, 1.82) is 0 Å². The number of nitrogens with one attached hydrogen (secondary N) is 3. The van der Waals surface area contributed by atoms with Crippen molar-refractivity contribution in [2.45, 2.75) is 13.0 Å². The van der Waals surface area contributed by atoms with E-state index in [4.69, 9.17) is 12.2 Å². The van der Waals surface area contributed by atoms with Crippen LogP contribution in [0.15, 0.2) is 28.7 Å². The third kappa shape index (κ3) is 5.80. The lowest BCUT2D eigenvalue weighted by atomic mass is 10.1. The van der Waals surface area contributed by atoms with E-state index >= 15 is 0 Å². The van der Waals surface area contributed by atoms with Crippen LogP contribution in [-0.2, 0) is 0 Å². The molecule has 0 saturated carbocycles. The number of benzene rings is 1. The van der Waals surface area contributed by atoms with Gasteiger partial charge in [-0.2, -0.15) is 0 Å². The number of halogens is 1. The lowest BCUT2D eigenvalue weighted by Gasteiger charge is -2.17. The normalized spacial score (nSPS) is 12.3. The Morgan fingerprint density at radius 1 is 1.33 bits per heavy atom. The van der Waals surface area contributed by atoms with E-state index in [0.717, 1.165) is 17.6 Å². The zero-order chi connectivity index (χ0) is 13.5. The number of hydrogen-bond acceptors (Lipinski definition) is 1. The van der Waals surface area contributed by atoms with E-state index < -0.39 is 0 Å². The maximum Gasteiger partial charge on any atom is 0.166 e. The summed E-state index contributed by atoms with van der Waals surface area (Å²) in [5.74, 6) is 0. The molecule has 0 amide bonds. The second-order valence-corrected chi connectivity index (χ2v) is 5.95. The minimum atomic E-state index is 0.213. The van der Waals surface area contributed by atoms with Gasteiger partial charge in [0.25, 0.3) is 0 Å². The summed E-state index contributed by atoms with van der Waals surface area (Å²) in [4.78, 5) is 1.41. The van der Waals surface area contributed by atoms with E-state index in [1.807, 2.05) is 12.1 Å². The molecular weight excluding hydrogens is 310 g/mol. The Hall–Kier alpha value is -0.650. The highest BCUT2D eigenvalue weighted by atomic mass is 79.9. The summed E-state index contributed by atoms with van der Waals surface area (Å²) in [6.07, 6.45) is 0. The van der Waals surface area contributed by atoms with Crippen LogP contribution in [0.2, 0.25) is 0 Å². The predicted octanol–water partition coefficient (Wildman–Crippen LogP) is 1.12. The summed E-state index contributed by atoms with van der Waals surface area (Å²) in [5, 5.41) is 7.22. The zero-order valence-electron chi connectivity index (χ0n) is 11.1. The molecule has 0 radical (unpaired) electrons. The molecular formula is C13H21BrN3S+. The molecule has 0 fully saturated rings. The fraction of sp³-hybridized carbons (Fsp3) is 0.462. The molecule has 0 bridgehead atoms. The first kappa shape index (κ1) is 15.4. The third-order valence-electron chi connectivity index (χ3n) is 2.63. The van der Waals surface area contributed by atoms with Crippen molar-refractivity contribution >= 4 is 33.3 Å². The Balaban J connectivity index is 2.37. The van der Waals surface area contributed by atoms with Crippen molar-refractivity contribution in [3.63, 3.8) is 0 Å². The summed E-state index contributed by atoms with van der Waals surface area (Å²) in [6, 6.07) is 8.48. The highest BCUT2D eigenvalue weighted by molar-refractivity contribution is 9.10. The number of likely N-dealkylation sites (N-methyl/N-ethyl adjacent to an activating group) is 1. The molecule has 0 aromatic heterocycles.